The van der Waals surface area contributed by atoms with Crippen LogP contribution in [0.4, 0.5) is 0 Å². The predicted molar refractivity (Wildman–Crippen MR) is 72.7 cm³/mol. The molecule has 0 saturated carbocycles. The first kappa shape index (κ1) is 13.0. The standard InChI is InChI=1S/C15H22N2O2/c1-5-16-6-2-13(1)10-19-11-14-9-17-12-15(14)3-7-18-8-4-15/h1-2,5-6,14,17H,3-4,7-12H2. The highest BCUT2D eigenvalue weighted by Gasteiger charge is 2.43. The van der Waals surface area contributed by atoms with Crippen molar-refractivity contribution in [2.24, 2.45) is 11.3 Å². The Kier molecular flexibility index (Phi) is 4.11. The number of aromatic nitrogens is 1. The number of ether oxygens (including phenoxy) is 2. The first-order chi connectivity index (χ1) is 9.39. The molecule has 1 aromatic rings. The molecular weight excluding hydrogens is 240 g/mol. The molecule has 4 nitrogen and oxygen atoms in total. The third kappa shape index (κ3) is 2.96. The summed E-state index contributed by atoms with van der Waals surface area (Å²) in [7, 11) is 0. The summed E-state index contributed by atoms with van der Waals surface area (Å²) < 4.78 is 11.4. The Morgan fingerprint density at radius 3 is 2.89 bits per heavy atom. The number of rotatable bonds is 4. The third-order valence-electron chi connectivity index (χ3n) is 4.56. The van der Waals surface area contributed by atoms with Crippen molar-refractivity contribution >= 4 is 0 Å². The molecule has 1 N–H and O–H groups in total. The van der Waals surface area contributed by atoms with Gasteiger partial charge in [-0.1, -0.05) is 0 Å². The summed E-state index contributed by atoms with van der Waals surface area (Å²) in [4.78, 5) is 4.02. The van der Waals surface area contributed by atoms with Gasteiger partial charge in [0.15, 0.2) is 0 Å². The van der Waals surface area contributed by atoms with Gasteiger partial charge in [0.1, 0.15) is 0 Å². The fourth-order valence-corrected chi connectivity index (χ4v) is 3.25. The normalized spacial score (nSPS) is 25.8. The fraction of sp³-hybridized carbons (Fsp3) is 0.667. The van der Waals surface area contributed by atoms with E-state index in [9.17, 15) is 0 Å². The van der Waals surface area contributed by atoms with Crippen molar-refractivity contribution in [1.29, 1.82) is 0 Å². The SMILES string of the molecule is c1cc(COCC2CNCC23CCOCC3)ccn1. The molecule has 0 aliphatic carbocycles. The van der Waals surface area contributed by atoms with Crippen LogP contribution in [-0.2, 0) is 16.1 Å². The largest absolute Gasteiger partial charge is 0.381 e. The molecule has 0 amide bonds. The van der Waals surface area contributed by atoms with E-state index in [0.717, 1.165) is 32.9 Å². The molecule has 19 heavy (non-hydrogen) atoms. The van der Waals surface area contributed by atoms with Crippen molar-refractivity contribution in [3.63, 3.8) is 0 Å². The van der Waals surface area contributed by atoms with Gasteiger partial charge in [-0.3, -0.25) is 4.98 Å². The van der Waals surface area contributed by atoms with Crippen LogP contribution < -0.4 is 5.32 Å². The van der Waals surface area contributed by atoms with Crippen molar-refractivity contribution in [3.05, 3.63) is 30.1 Å². The van der Waals surface area contributed by atoms with Gasteiger partial charge in [-0.25, -0.2) is 0 Å². The van der Waals surface area contributed by atoms with Gasteiger partial charge in [-0.05, 0) is 36.0 Å². The second kappa shape index (κ2) is 5.99. The molecule has 1 atom stereocenters. The minimum atomic E-state index is 0.413. The Morgan fingerprint density at radius 2 is 2.11 bits per heavy atom. The van der Waals surface area contributed by atoms with Crippen LogP contribution in [0.5, 0.6) is 0 Å². The van der Waals surface area contributed by atoms with Gasteiger partial charge in [0.05, 0.1) is 13.2 Å². The van der Waals surface area contributed by atoms with Crippen molar-refractivity contribution in [1.82, 2.24) is 10.3 Å². The second-order valence-electron chi connectivity index (χ2n) is 5.67. The van der Waals surface area contributed by atoms with Crippen LogP contribution in [0.25, 0.3) is 0 Å². The lowest BCUT2D eigenvalue weighted by Crippen LogP contribution is -2.38. The summed E-state index contributed by atoms with van der Waals surface area (Å²) in [6.45, 7) is 5.54. The first-order valence-electron chi connectivity index (χ1n) is 7.14. The van der Waals surface area contributed by atoms with Crippen LogP contribution in [0.3, 0.4) is 0 Å². The van der Waals surface area contributed by atoms with Gasteiger partial charge in [0.2, 0.25) is 0 Å². The third-order valence-corrected chi connectivity index (χ3v) is 4.56. The Balaban J connectivity index is 1.51. The maximum atomic E-state index is 5.92. The maximum absolute atomic E-state index is 5.92. The number of hydrogen-bond acceptors (Lipinski definition) is 4. The highest BCUT2D eigenvalue weighted by molar-refractivity contribution is 5.08. The average molecular weight is 262 g/mol. The van der Waals surface area contributed by atoms with Gasteiger partial charge < -0.3 is 14.8 Å². The molecule has 3 heterocycles. The zero-order valence-electron chi connectivity index (χ0n) is 11.3. The molecule has 2 aliphatic rings. The van der Waals surface area contributed by atoms with Crippen LogP contribution in [-0.4, -0.2) is 37.9 Å². The van der Waals surface area contributed by atoms with Crippen molar-refractivity contribution in [3.8, 4) is 0 Å². The zero-order chi connectivity index (χ0) is 13.0. The van der Waals surface area contributed by atoms with Crippen LogP contribution in [0, 0.1) is 11.3 Å². The molecule has 1 unspecified atom stereocenters. The second-order valence-corrected chi connectivity index (χ2v) is 5.67. The van der Waals surface area contributed by atoms with E-state index in [4.69, 9.17) is 9.47 Å². The van der Waals surface area contributed by atoms with E-state index >= 15 is 0 Å². The average Bonchev–Trinajstić information content (AvgIpc) is 2.83. The Morgan fingerprint density at radius 1 is 1.32 bits per heavy atom. The first-order valence-corrected chi connectivity index (χ1v) is 7.14. The number of pyridine rings is 1. The molecule has 3 rings (SSSR count). The van der Waals surface area contributed by atoms with Gasteiger partial charge >= 0.3 is 0 Å². The lowest BCUT2D eigenvalue weighted by molar-refractivity contribution is -0.0250. The molecule has 0 radical (unpaired) electrons. The molecule has 0 aromatic carbocycles. The van der Waals surface area contributed by atoms with E-state index in [1.165, 1.54) is 18.4 Å². The van der Waals surface area contributed by atoms with E-state index in [-0.39, 0.29) is 0 Å². The molecule has 1 spiro atoms. The Bertz CT molecular complexity index is 390. The van der Waals surface area contributed by atoms with Crippen LogP contribution in [0.1, 0.15) is 18.4 Å². The quantitative estimate of drug-likeness (QED) is 0.895. The lowest BCUT2D eigenvalue weighted by Gasteiger charge is -2.37. The lowest BCUT2D eigenvalue weighted by atomic mass is 9.72. The van der Waals surface area contributed by atoms with E-state index in [1.807, 2.05) is 24.5 Å². The van der Waals surface area contributed by atoms with Gasteiger partial charge in [0.25, 0.3) is 0 Å². The molecular formula is C15H22N2O2. The molecule has 0 bridgehead atoms. The zero-order valence-corrected chi connectivity index (χ0v) is 11.3. The van der Waals surface area contributed by atoms with E-state index in [0.29, 0.717) is 17.9 Å². The van der Waals surface area contributed by atoms with E-state index in [1.54, 1.807) is 0 Å². The molecule has 4 heteroatoms. The van der Waals surface area contributed by atoms with Crippen LogP contribution in [0.2, 0.25) is 0 Å². The summed E-state index contributed by atoms with van der Waals surface area (Å²) >= 11 is 0. The summed E-state index contributed by atoms with van der Waals surface area (Å²) in [6, 6.07) is 4.02. The van der Waals surface area contributed by atoms with Crippen molar-refractivity contribution in [2.45, 2.75) is 19.4 Å². The van der Waals surface area contributed by atoms with Crippen molar-refractivity contribution < 1.29 is 9.47 Å². The fourth-order valence-electron chi connectivity index (χ4n) is 3.25. The van der Waals surface area contributed by atoms with E-state index in [2.05, 4.69) is 10.3 Å². The predicted octanol–water partition coefficient (Wildman–Crippen LogP) is 1.61. The maximum Gasteiger partial charge on any atom is 0.0718 e. The molecule has 2 aliphatic heterocycles. The molecule has 104 valence electrons. The van der Waals surface area contributed by atoms with Crippen LogP contribution >= 0.6 is 0 Å². The minimum Gasteiger partial charge on any atom is -0.381 e. The number of nitrogens with one attached hydrogen (secondary N) is 1. The summed E-state index contributed by atoms with van der Waals surface area (Å²) in [5.74, 6) is 0.623. The number of nitrogens with zero attached hydrogens (tertiary/aromatic N) is 1. The summed E-state index contributed by atoms with van der Waals surface area (Å²) in [5, 5.41) is 3.54. The van der Waals surface area contributed by atoms with Crippen LogP contribution in [0.15, 0.2) is 24.5 Å². The summed E-state index contributed by atoms with van der Waals surface area (Å²) in [6.07, 6.45) is 5.97. The topological polar surface area (TPSA) is 43.4 Å². The molecule has 1 aromatic heterocycles. The van der Waals surface area contributed by atoms with E-state index < -0.39 is 0 Å². The smallest absolute Gasteiger partial charge is 0.0718 e. The van der Waals surface area contributed by atoms with Crippen molar-refractivity contribution in [2.75, 3.05) is 32.9 Å². The van der Waals surface area contributed by atoms with Gasteiger partial charge in [0, 0.05) is 44.6 Å². The van der Waals surface area contributed by atoms with Gasteiger partial charge in [-0.15, -0.1) is 0 Å². The van der Waals surface area contributed by atoms with Gasteiger partial charge in [-0.2, -0.15) is 0 Å². The minimum absolute atomic E-state index is 0.413. The molecule has 2 saturated heterocycles. The summed E-state index contributed by atoms with van der Waals surface area (Å²) in [5.41, 5.74) is 1.61. The Hall–Kier alpha value is -0.970. The molecule has 2 fully saturated rings. The highest BCUT2D eigenvalue weighted by atomic mass is 16.5. The Labute approximate surface area is 114 Å². The number of hydrogen-bond donors (Lipinski definition) is 1. The monoisotopic (exact) mass is 262 g/mol. The highest BCUT2D eigenvalue weighted by Crippen LogP contribution is 2.40.